The van der Waals surface area contributed by atoms with Gasteiger partial charge in [-0.3, -0.25) is 9.59 Å². The summed E-state index contributed by atoms with van der Waals surface area (Å²) in [5.41, 5.74) is 11.0. The molecule has 1 aromatic heterocycles. The number of pyridine rings is 1. The number of hydrogen-bond donors (Lipinski definition) is 2. The van der Waals surface area contributed by atoms with E-state index in [-0.39, 0.29) is 29.6 Å². The van der Waals surface area contributed by atoms with Crippen LogP contribution in [0.1, 0.15) is 60.4 Å². The van der Waals surface area contributed by atoms with Gasteiger partial charge in [0.2, 0.25) is 5.91 Å². The van der Waals surface area contributed by atoms with E-state index in [4.69, 9.17) is 15.2 Å². The van der Waals surface area contributed by atoms with Gasteiger partial charge in [0.25, 0.3) is 0 Å². The highest BCUT2D eigenvalue weighted by atomic mass is 16.5. The van der Waals surface area contributed by atoms with Crippen molar-refractivity contribution < 1.29 is 19.1 Å². The highest BCUT2D eigenvalue weighted by Crippen LogP contribution is 2.60. The van der Waals surface area contributed by atoms with Crippen LogP contribution in [0.25, 0.3) is 0 Å². The van der Waals surface area contributed by atoms with Crippen molar-refractivity contribution in [2.75, 3.05) is 5.32 Å². The molecular formula is C30H31N3O4. The van der Waals surface area contributed by atoms with E-state index in [1.54, 1.807) is 6.20 Å². The lowest BCUT2D eigenvalue weighted by Crippen LogP contribution is -2.28. The van der Waals surface area contributed by atoms with Crippen LogP contribution in [0.2, 0.25) is 0 Å². The third-order valence-corrected chi connectivity index (χ3v) is 7.55. The van der Waals surface area contributed by atoms with Crippen LogP contribution in [0.15, 0.2) is 48.7 Å². The number of carbonyl (C=O) groups excluding carboxylic acids is 2. The maximum Gasteiger partial charge on any atom is 0.225 e. The van der Waals surface area contributed by atoms with Crippen molar-refractivity contribution in [2.45, 2.75) is 64.0 Å². The van der Waals surface area contributed by atoms with E-state index in [1.807, 2.05) is 45.0 Å². The molecule has 190 valence electrons. The van der Waals surface area contributed by atoms with E-state index in [0.717, 1.165) is 33.6 Å². The molecule has 3 N–H and O–H groups in total. The Hall–Kier alpha value is -3.71. The van der Waals surface area contributed by atoms with Crippen molar-refractivity contribution in [1.82, 2.24) is 4.98 Å². The monoisotopic (exact) mass is 497 g/mol. The van der Waals surface area contributed by atoms with Gasteiger partial charge in [-0.15, -0.1) is 0 Å². The molecule has 3 heterocycles. The molecule has 2 aromatic carbocycles. The van der Waals surface area contributed by atoms with Gasteiger partial charge in [-0.25, -0.2) is 4.98 Å². The zero-order valence-corrected chi connectivity index (χ0v) is 21.3. The molecule has 3 aliphatic rings. The summed E-state index contributed by atoms with van der Waals surface area (Å²) in [7, 11) is 0. The first kappa shape index (κ1) is 23.7. The van der Waals surface area contributed by atoms with Crippen molar-refractivity contribution in [1.29, 1.82) is 0 Å². The van der Waals surface area contributed by atoms with Gasteiger partial charge in [0.05, 0.1) is 0 Å². The Morgan fingerprint density at radius 1 is 1.19 bits per heavy atom. The first-order valence-corrected chi connectivity index (χ1v) is 12.8. The van der Waals surface area contributed by atoms with E-state index in [2.05, 4.69) is 28.5 Å². The maximum absolute atomic E-state index is 13.0. The Bertz CT molecular complexity index is 1420. The van der Waals surface area contributed by atoms with E-state index >= 15 is 0 Å². The SMILES string of the molecule is Cc1cc(CC(=O)C[C@@H]2[C@H]3Oc4ccc(Oc5ccnc6c5CCC(=O)N6)cc4[C@@H]23)cc(C(C)(C)N)c1. The fraction of sp³-hybridized carbons (Fsp3) is 0.367. The third-order valence-electron chi connectivity index (χ3n) is 7.55. The fourth-order valence-corrected chi connectivity index (χ4v) is 5.64. The Balaban J connectivity index is 1.13. The molecule has 1 fully saturated rings. The van der Waals surface area contributed by atoms with Crippen LogP contribution in [-0.4, -0.2) is 22.8 Å². The first-order valence-electron chi connectivity index (χ1n) is 12.8. The van der Waals surface area contributed by atoms with Crippen LogP contribution >= 0.6 is 0 Å². The Morgan fingerprint density at radius 3 is 2.84 bits per heavy atom. The van der Waals surface area contributed by atoms with Gasteiger partial charge >= 0.3 is 0 Å². The van der Waals surface area contributed by atoms with Crippen LogP contribution in [-0.2, 0) is 28.0 Å². The van der Waals surface area contributed by atoms with Crippen LogP contribution in [0, 0.1) is 12.8 Å². The normalized spacial score (nSPS) is 21.3. The number of rotatable bonds is 7. The number of hydrogen-bond acceptors (Lipinski definition) is 6. The molecule has 7 nitrogen and oxygen atoms in total. The maximum atomic E-state index is 13.0. The van der Waals surface area contributed by atoms with Crippen molar-refractivity contribution in [3.05, 3.63) is 76.5 Å². The molecule has 2 aliphatic heterocycles. The van der Waals surface area contributed by atoms with Crippen molar-refractivity contribution >= 4 is 17.5 Å². The molecule has 37 heavy (non-hydrogen) atoms. The summed E-state index contributed by atoms with van der Waals surface area (Å²) in [6, 6.07) is 13.9. The molecule has 3 atom stereocenters. The van der Waals surface area contributed by atoms with E-state index in [1.165, 1.54) is 0 Å². The smallest absolute Gasteiger partial charge is 0.225 e. The minimum absolute atomic E-state index is 0.0294. The number of benzene rings is 2. The van der Waals surface area contributed by atoms with E-state index in [0.29, 0.717) is 43.0 Å². The average molecular weight is 498 g/mol. The zero-order chi connectivity index (χ0) is 25.9. The molecule has 1 saturated carbocycles. The molecule has 1 aliphatic carbocycles. The Kier molecular flexibility index (Phi) is 5.57. The summed E-state index contributed by atoms with van der Waals surface area (Å²) in [5, 5.41) is 2.81. The van der Waals surface area contributed by atoms with Gasteiger partial charge in [-0.05, 0) is 62.6 Å². The summed E-state index contributed by atoms with van der Waals surface area (Å²) in [6.07, 6.45) is 3.60. The van der Waals surface area contributed by atoms with Gasteiger partial charge in [0.15, 0.2) is 0 Å². The molecule has 1 amide bonds. The minimum atomic E-state index is -0.446. The number of nitrogens with zero attached hydrogens (tertiary/aromatic N) is 1. The molecule has 6 rings (SSSR count). The third kappa shape index (κ3) is 4.60. The lowest BCUT2D eigenvalue weighted by molar-refractivity contribution is -0.119. The summed E-state index contributed by atoms with van der Waals surface area (Å²) in [4.78, 5) is 29.0. The van der Waals surface area contributed by atoms with Gasteiger partial charge in [-0.2, -0.15) is 0 Å². The van der Waals surface area contributed by atoms with Crippen LogP contribution in [0.4, 0.5) is 5.82 Å². The molecule has 0 bridgehead atoms. The molecule has 0 spiro atoms. The highest BCUT2D eigenvalue weighted by molar-refractivity contribution is 5.93. The number of ketones is 1. The fourth-order valence-electron chi connectivity index (χ4n) is 5.64. The van der Waals surface area contributed by atoms with Crippen LogP contribution < -0.4 is 20.5 Å². The minimum Gasteiger partial charge on any atom is -0.489 e. The van der Waals surface area contributed by atoms with Gasteiger partial charge in [0.1, 0.15) is 35.0 Å². The molecular weight excluding hydrogens is 466 g/mol. The second-order valence-electron chi connectivity index (χ2n) is 11.1. The number of carbonyl (C=O) groups is 2. The summed E-state index contributed by atoms with van der Waals surface area (Å²) >= 11 is 0. The number of amides is 1. The van der Waals surface area contributed by atoms with Gasteiger partial charge < -0.3 is 20.5 Å². The molecule has 0 unspecified atom stereocenters. The highest BCUT2D eigenvalue weighted by Gasteiger charge is 2.59. The van der Waals surface area contributed by atoms with Crippen molar-refractivity contribution in [3.63, 3.8) is 0 Å². The standard InChI is InChI=1S/C30H31N3O4/c1-16-10-17(12-18(11-16)30(2,3)31)13-19(34)14-23-27-22-15-20(4-6-24(22)37-28(23)27)36-25-8-9-32-29-21(25)5-7-26(35)33-29/h4,6,8-12,15,23,27-28H,5,7,13-14,31H2,1-3H3,(H,32,33,35)/t23-,27-,28+/m0/s1. The summed E-state index contributed by atoms with van der Waals surface area (Å²) < 4.78 is 12.4. The first-order chi connectivity index (χ1) is 17.7. The van der Waals surface area contributed by atoms with Gasteiger partial charge in [-0.1, -0.05) is 23.8 Å². The number of ether oxygens (including phenoxy) is 2. The average Bonchev–Trinajstić information content (AvgIpc) is 3.34. The molecule has 0 saturated heterocycles. The molecule has 0 radical (unpaired) electrons. The predicted octanol–water partition coefficient (Wildman–Crippen LogP) is 4.94. The van der Waals surface area contributed by atoms with Crippen LogP contribution in [0.3, 0.4) is 0 Å². The number of aromatic nitrogens is 1. The number of Topliss-reactive ketones (excluding diaryl/α,β-unsaturated/α-hetero) is 1. The van der Waals surface area contributed by atoms with E-state index in [9.17, 15) is 9.59 Å². The zero-order valence-electron chi connectivity index (χ0n) is 21.3. The Morgan fingerprint density at radius 2 is 2.03 bits per heavy atom. The lowest BCUT2D eigenvalue weighted by Gasteiger charge is -2.21. The number of nitrogens with one attached hydrogen (secondary N) is 1. The number of fused-ring (bicyclic) bond motifs is 4. The number of anilines is 1. The summed E-state index contributed by atoms with van der Waals surface area (Å²) in [6.45, 7) is 6.00. The topological polar surface area (TPSA) is 104 Å². The molecule has 7 heteroatoms. The van der Waals surface area contributed by atoms with Crippen LogP contribution in [0.5, 0.6) is 17.2 Å². The van der Waals surface area contributed by atoms with Gasteiger partial charge in [0, 0.05) is 54.0 Å². The predicted molar refractivity (Wildman–Crippen MR) is 140 cm³/mol. The number of aryl methyl sites for hydroxylation is 1. The lowest BCUT2D eigenvalue weighted by atomic mass is 9.90. The van der Waals surface area contributed by atoms with E-state index < -0.39 is 5.54 Å². The Labute approximate surface area is 216 Å². The number of nitrogens with two attached hydrogens (primary N) is 1. The second kappa shape index (κ2) is 8.70. The van der Waals surface area contributed by atoms with Crippen molar-refractivity contribution in [3.8, 4) is 17.2 Å². The quantitative estimate of drug-likeness (QED) is 0.479. The summed E-state index contributed by atoms with van der Waals surface area (Å²) in [5.74, 6) is 3.42. The second-order valence-corrected chi connectivity index (χ2v) is 11.1. The van der Waals surface area contributed by atoms with Crippen molar-refractivity contribution in [2.24, 2.45) is 11.7 Å². The largest absolute Gasteiger partial charge is 0.489 e. The molecule has 3 aromatic rings.